The Kier molecular flexibility index (Phi) is 9.52. The van der Waals surface area contributed by atoms with Gasteiger partial charge in [0.05, 0.1) is 0 Å². The molecule has 0 aromatic heterocycles. The molecule has 4 aromatic carbocycles. The summed E-state index contributed by atoms with van der Waals surface area (Å²) in [4.78, 5) is 0. The van der Waals surface area contributed by atoms with E-state index in [1.807, 2.05) is 0 Å². The van der Waals surface area contributed by atoms with Crippen LogP contribution in [0.25, 0.3) is 11.1 Å². The van der Waals surface area contributed by atoms with E-state index in [9.17, 15) is 0 Å². The third kappa shape index (κ3) is 5.33. The van der Waals surface area contributed by atoms with Crippen molar-refractivity contribution < 1.29 is 17.4 Å². The molecule has 44 heavy (non-hydrogen) atoms. The van der Waals surface area contributed by atoms with Gasteiger partial charge in [-0.2, -0.15) is 0 Å². The van der Waals surface area contributed by atoms with Crippen molar-refractivity contribution in [1.29, 1.82) is 0 Å². The first-order valence-corrected chi connectivity index (χ1v) is 26.4. The van der Waals surface area contributed by atoms with Gasteiger partial charge in [-0.1, -0.05) is 0 Å². The summed E-state index contributed by atoms with van der Waals surface area (Å²) in [6.07, 6.45) is 9.26. The summed E-state index contributed by atoms with van der Waals surface area (Å²) >= 11 is -4.51. The Hall–Kier alpha value is -1.96. The van der Waals surface area contributed by atoms with E-state index in [0.717, 1.165) is 12.8 Å². The number of hydrogen-bond donors (Lipinski definition) is 0. The van der Waals surface area contributed by atoms with Crippen molar-refractivity contribution in [1.82, 2.24) is 0 Å². The quantitative estimate of drug-likeness (QED) is 0.163. The molecule has 0 nitrogen and oxygen atoms in total. The van der Waals surface area contributed by atoms with Gasteiger partial charge in [0.1, 0.15) is 0 Å². The largest absolute Gasteiger partial charge is 0.147 e. The maximum absolute atomic E-state index is 4.51. The Morgan fingerprint density at radius 1 is 0.659 bits per heavy atom. The minimum Gasteiger partial charge on any atom is -0.147 e. The Labute approximate surface area is 280 Å². The Morgan fingerprint density at radius 2 is 1.20 bits per heavy atom. The molecule has 0 bridgehead atoms. The predicted molar refractivity (Wildman–Crippen MR) is 198 cm³/mol. The summed E-state index contributed by atoms with van der Waals surface area (Å²) in [7, 11) is 0. The van der Waals surface area contributed by atoms with Gasteiger partial charge in [0.2, 0.25) is 0 Å². The summed E-state index contributed by atoms with van der Waals surface area (Å²) in [5.41, 5.74) is 11.7. The summed E-state index contributed by atoms with van der Waals surface area (Å²) < 4.78 is 6.47. The molecule has 6 rings (SSSR count). The van der Waals surface area contributed by atoms with Gasteiger partial charge >= 0.3 is 258 Å². The first kappa shape index (κ1) is 34.9. The first-order valence-electron chi connectivity index (χ1n) is 15.6. The molecular formula is C40H48Cl2SiZr. The molecule has 2 aliphatic rings. The minimum atomic E-state index is -4.51. The van der Waals surface area contributed by atoms with Crippen LogP contribution in [0.1, 0.15) is 81.3 Å². The van der Waals surface area contributed by atoms with Crippen LogP contribution in [0.5, 0.6) is 0 Å². The van der Waals surface area contributed by atoms with Crippen molar-refractivity contribution in [2.45, 2.75) is 79.1 Å². The number of halogens is 2. The van der Waals surface area contributed by atoms with Crippen molar-refractivity contribution in [2.75, 3.05) is 0 Å². The van der Waals surface area contributed by atoms with E-state index in [4.69, 9.17) is 0 Å². The SMILES string of the molecule is Cc1cc[c]([Zr](=[SiH2])([C]2=CC=CC2)([c]2ccc(C)cc2)[c]2c(C(C)(C)C)ccc3c2Cc2cc(C(C)(C)C)ccc2-3)cc1.Cl.Cl. The molecule has 4 heteroatoms. The van der Waals surface area contributed by atoms with Gasteiger partial charge in [-0.05, 0) is 0 Å². The minimum absolute atomic E-state index is 0. The molecule has 0 N–H and O–H groups in total. The fourth-order valence-electron chi connectivity index (χ4n) is 7.68. The van der Waals surface area contributed by atoms with Gasteiger partial charge in [0.15, 0.2) is 0 Å². The van der Waals surface area contributed by atoms with Crippen LogP contribution in [-0.4, -0.2) is 6.88 Å². The number of rotatable bonds is 4. The van der Waals surface area contributed by atoms with Gasteiger partial charge in [-0.3, -0.25) is 0 Å². The maximum atomic E-state index is 2.51. The van der Waals surface area contributed by atoms with E-state index in [1.54, 1.807) is 18.7 Å². The van der Waals surface area contributed by atoms with Gasteiger partial charge < -0.3 is 0 Å². The Bertz CT molecular complexity index is 1790. The molecular weight excluding hydrogens is 671 g/mol. The van der Waals surface area contributed by atoms with Crippen LogP contribution < -0.4 is 9.81 Å². The predicted octanol–water partition coefficient (Wildman–Crippen LogP) is 8.67. The molecule has 0 fully saturated rings. The molecule has 0 amide bonds. The number of aryl methyl sites for hydroxylation is 2. The van der Waals surface area contributed by atoms with Crippen molar-refractivity contribution >= 4 is 41.5 Å². The van der Waals surface area contributed by atoms with Gasteiger partial charge in [0, 0.05) is 0 Å². The maximum Gasteiger partial charge on any atom is -0.147 e. The Morgan fingerprint density at radius 3 is 1.68 bits per heavy atom. The summed E-state index contributed by atoms with van der Waals surface area (Å²) in [5, 5.41) is 0. The topological polar surface area (TPSA) is 0 Å². The normalized spacial score (nSPS) is 14.3. The number of fused-ring (bicyclic) bond motifs is 3. The fraction of sp³-hybridized carbons (Fsp3) is 0.300. The zero-order chi connectivity index (χ0) is 30.1. The average Bonchev–Trinajstić information content (AvgIpc) is 3.60. The summed E-state index contributed by atoms with van der Waals surface area (Å²) in [5.74, 6) is 0. The molecule has 0 spiro atoms. The Balaban J connectivity index is 0.00000221. The average molecular weight is 719 g/mol. The zero-order valence-electron chi connectivity index (χ0n) is 27.7. The van der Waals surface area contributed by atoms with Crippen molar-refractivity contribution in [3.05, 3.63) is 134 Å². The van der Waals surface area contributed by atoms with Crippen molar-refractivity contribution in [3.63, 3.8) is 0 Å². The number of benzene rings is 4. The van der Waals surface area contributed by atoms with Crippen molar-refractivity contribution in [2.24, 2.45) is 0 Å². The second-order valence-corrected chi connectivity index (χ2v) is 36.3. The van der Waals surface area contributed by atoms with Crippen LogP contribution in [0, 0.1) is 13.8 Å². The molecule has 4 aromatic rings. The molecule has 0 unspecified atom stereocenters. The number of allylic oxidation sites excluding steroid dienone is 4. The summed E-state index contributed by atoms with van der Waals surface area (Å²) in [6.45, 7) is 21.1. The third-order valence-electron chi connectivity index (χ3n) is 10.2. The van der Waals surface area contributed by atoms with Crippen molar-refractivity contribution in [3.8, 4) is 11.1 Å². The van der Waals surface area contributed by atoms with E-state index < -0.39 is 17.4 Å². The molecule has 0 saturated heterocycles. The summed E-state index contributed by atoms with van der Waals surface area (Å²) in [6, 6.07) is 31.7. The molecule has 2 aliphatic carbocycles. The molecule has 0 atom stereocenters. The van der Waals surface area contributed by atoms with Gasteiger partial charge in [-0.25, -0.2) is 0 Å². The van der Waals surface area contributed by atoms with Crippen LogP contribution in [-0.2, 0) is 34.6 Å². The first-order chi connectivity index (χ1) is 19.7. The van der Waals surface area contributed by atoms with Crippen LogP contribution >= 0.6 is 24.8 Å². The van der Waals surface area contributed by atoms with Gasteiger partial charge in [0.25, 0.3) is 0 Å². The fourth-order valence-corrected chi connectivity index (χ4v) is 31.0. The second-order valence-electron chi connectivity index (χ2n) is 15.1. The monoisotopic (exact) mass is 716 g/mol. The molecule has 230 valence electrons. The van der Waals surface area contributed by atoms with Crippen LogP contribution in [0.2, 0.25) is 0 Å². The smallest absolute Gasteiger partial charge is 0.147 e. The van der Waals surface area contributed by atoms with Crippen LogP contribution in [0.3, 0.4) is 0 Å². The molecule has 0 heterocycles. The van der Waals surface area contributed by atoms with E-state index in [0.29, 0.717) is 0 Å². The molecule has 0 aliphatic heterocycles. The van der Waals surface area contributed by atoms with Gasteiger partial charge in [-0.15, -0.1) is 24.8 Å². The van der Waals surface area contributed by atoms with E-state index in [2.05, 4.69) is 159 Å². The second kappa shape index (κ2) is 12.0. The van der Waals surface area contributed by atoms with E-state index in [1.165, 1.54) is 38.9 Å². The van der Waals surface area contributed by atoms with Crippen LogP contribution in [0.15, 0.2) is 100 Å². The molecule has 0 radical (unpaired) electrons. The number of hydrogen-bond acceptors (Lipinski definition) is 0. The zero-order valence-corrected chi connectivity index (χ0v) is 33.2. The van der Waals surface area contributed by atoms with E-state index in [-0.39, 0.29) is 35.6 Å². The molecule has 0 saturated carbocycles. The van der Waals surface area contributed by atoms with E-state index >= 15 is 0 Å². The van der Waals surface area contributed by atoms with Crippen LogP contribution in [0.4, 0.5) is 0 Å². The standard InChI is InChI=1S/C21H25.2C7H7.C5H5.2ClH.H2Si.Zr/c1-20(2,3)16-7-9-18-14(12-16)11-15-13-17(21(4,5)6)8-10-19(15)18;2*1-7-5-3-2-4-6-7;1-2-4-5-3-1;;;;/h7-10,12H,11H2,1-6H3;2*3-6H,1H3;1-3H,4H2;2*1H;1H2;. The third-order valence-corrected chi connectivity index (χ3v) is 36.2.